The summed E-state index contributed by atoms with van der Waals surface area (Å²) in [7, 11) is 0. The van der Waals surface area contributed by atoms with Gasteiger partial charge >= 0.3 is 0 Å². The lowest BCUT2D eigenvalue weighted by atomic mass is 10.3. The monoisotopic (exact) mass is 245 g/mol. The Labute approximate surface area is 100 Å². The van der Waals surface area contributed by atoms with Crippen LogP contribution in [0.1, 0.15) is 14.7 Å². The molecule has 0 radical (unpaired) electrons. The molecular formula is C12H7NOS2. The Morgan fingerprint density at radius 2 is 2.00 bits per heavy atom. The maximum absolute atomic E-state index is 12.0. The molecule has 0 saturated heterocycles. The topological polar surface area (TPSA) is 30.0 Å². The second-order valence-electron chi connectivity index (χ2n) is 3.29. The molecule has 0 N–H and O–H groups in total. The Morgan fingerprint density at radius 1 is 1.12 bits per heavy atom. The summed E-state index contributed by atoms with van der Waals surface area (Å²) in [4.78, 5) is 17.1. The molecule has 0 aliphatic rings. The second-order valence-corrected chi connectivity index (χ2v) is 5.27. The van der Waals surface area contributed by atoms with Crippen molar-refractivity contribution < 1.29 is 4.79 Å². The highest BCUT2D eigenvalue weighted by atomic mass is 32.1. The standard InChI is InChI=1S/C12H7NOS2/c14-11(10-6-3-7-15-10)12-13-8-4-1-2-5-9(8)16-12/h1-7H. The van der Waals surface area contributed by atoms with Crippen LogP contribution >= 0.6 is 22.7 Å². The van der Waals surface area contributed by atoms with E-state index >= 15 is 0 Å². The minimum atomic E-state index is 0.0243. The molecule has 2 aromatic heterocycles. The van der Waals surface area contributed by atoms with Gasteiger partial charge in [0, 0.05) is 0 Å². The van der Waals surface area contributed by atoms with Crippen molar-refractivity contribution in [2.45, 2.75) is 0 Å². The van der Waals surface area contributed by atoms with Crippen LogP contribution in [0, 0.1) is 0 Å². The number of thiazole rings is 1. The van der Waals surface area contributed by atoms with Crippen LogP contribution in [-0.2, 0) is 0 Å². The predicted octanol–water partition coefficient (Wildman–Crippen LogP) is 3.59. The molecule has 0 aliphatic heterocycles. The molecule has 4 heteroatoms. The van der Waals surface area contributed by atoms with Crippen molar-refractivity contribution in [3.05, 3.63) is 51.7 Å². The maximum Gasteiger partial charge on any atom is 0.231 e. The van der Waals surface area contributed by atoms with Gasteiger partial charge in [0.15, 0.2) is 5.01 Å². The number of fused-ring (bicyclic) bond motifs is 1. The van der Waals surface area contributed by atoms with E-state index in [0.29, 0.717) is 5.01 Å². The van der Waals surface area contributed by atoms with Crippen molar-refractivity contribution in [1.29, 1.82) is 0 Å². The van der Waals surface area contributed by atoms with E-state index in [1.54, 1.807) is 0 Å². The summed E-state index contributed by atoms with van der Waals surface area (Å²) in [5.41, 5.74) is 0.896. The van der Waals surface area contributed by atoms with Crippen molar-refractivity contribution in [2.24, 2.45) is 0 Å². The largest absolute Gasteiger partial charge is 0.285 e. The Balaban J connectivity index is 2.10. The number of carbonyl (C=O) groups excluding carboxylic acids is 1. The van der Waals surface area contributed by atoms with E-state index < -0.39 is 0 Å². The number of ketones is 1. The highest BCUT2D eigenvalue weighted by Gasteiger charge is 2.14. The van der Waals surface area contributed by atoms with Crippen LogP contribution in [0.15, 0.2) is 41.8 Å². The molecule has 0 bridgehead atoms. The first kappa shape index (κ1) is 9.69. The van der Waals surface area contributed by atoms with Crippen LogP contribution < -0.4 is 0 Å². The highest BCUT2D eigenvalue weighted by molar-refractivity contribution is 7.21. The smallest absolute Gasteiger partial charge is 0.231 e. The molecule has 2 nitrogen and oxygen atoms in total. The zero-order chi connectivity index (χ0) is 11.0. The lowest BCUT2D eigenvalue weighted by molar-refractivity contribution is 0.104. The SMILES string of the molecule is O=C(c1cccs1)c1nc2ccccc2s1. The van der Waals surface area contributed by atoms with Gasteiger partial charge in [0.1, 0.15) is 0 Å². The van der Waals surface area contributed by atoms with Crippen LogP contribution in [0.25, 0.3) is 10.2 Å². The van der Waals surface area contributed by atoms with E-state index in [1.807, 2.05) is 41.8 Å². The summed E-state index contributed by atoms with van der Waals surface area (Å²) in [6.07, 6.45) is 0. The Hall–Kier alpha value is -1.52. The average Bonchev–Trinajstić information content (AvgIpc) is 2.97. The van der Waals surface area contributed by atoms with Gasteiger partial charge in [-0.05, 0) is 23.6 Å². The van der Waals surface area contributed by atoms with Crippen LogP contribution in [0.5, 0.6) is 0 Å². The van der Waals surface area contributed by atoms with E-state index in [2.05, 4.69) is 4.98 Å². The van der Waals surface area contributed by atoms with E-state index in [1.165, 1.54) is 22.7 Å². The second kappa shape index (κ2) is 3.81. The van der Waals surface area contributed by atoms with E-state index in [4.69, 9.17) is 0 Å². The fourth-order valence-corrected chi connectivity index (χ4v) is 3.13. The number of hydrogen-bond acceptors (Lipinski definition) is 4. The van der Waals surface area contributed by atoms with Crippen LogP contribution in [0.3, 0.4) is 0 Å². The molecule has 0 atom stereocenters. The highest BCUT2D eigenvalue weighted by Crippen LogP contribution is 2.24. The van der Waals surface area contributed by atoms with Crippen molar-refractivity contribution >= 4 is 38.7 Å². The molecule has 0 aliphatic carbocycles. The number of rotatable bonds is 2. The van der Waals surface area contributed by atoms with E-state index in [9.17, 15) is 4.79 Å². The lowest BCUT2D eigenvalue weighted by Gasteiger charge is -1.88. The minimum Gasteiger partial charge on any atom is -0.285 e. The molecule has 0 fully saturated rings. The summed E-state index contributed by atoms with van der Waals surface area (Å²) in [6, 6.07) is 11.5. The molecule has 0 spiro atoms. The first-order valence-electron chi connectivity index (χ1n) is 4.78. The summed E-state index contributed by atoms with van der Waals surface area (Å²) in [6.45, 7) is 0. The number of benzene rings is 1. The number of para-hydroxylation sites is 1. The normalized spacial score (nSPS) is 10.8. The number of nitrogens with zero attached hydrogens (tertiary/aromatic N) is 1. The van der Waals surface area contributed by atoms with Gasteiger partial charge in [-0.2, -0.15) is 0 Å². The Bertz CT molecular complexity index is 607. The van der Waals surface area contributed by atoms with Gasteiger partial charge in [0.05, 0.1) is 15.1 Å². The maximum atomic E-state index is 12.0. The Morgan fingerprint density at radius 3 is 2.75 bits per heavy atom. The van der Waals surface area contributed by atoms with Crippen LogP contribution in [0.2, 0.25) is 0 Å². The van der Waals surface area contributed by atoms with Gasteiger partial charge in [-0.15, -0.1) is 22.7 Å². The molecule has 0 unspecified atom stereocenters. The predicted molar refractivity (Wildman–Crippen MR) is 67.4 cm³/mol. The number of hydrogen-bond donors (Lipinski definition) is 0. The third kappa shape index (κ3) is 1.56. The van der Waals surface area contributed by atoms with Crippen molar-refractivity contribution in [2.75, 3.05) is 0 Å². The average molecular weight is 245 g/mol. The van der Waals surface area contributed by atoms with Gasteiger partial charge in [0.2, 0.25) is 5.78 Å². The molecule has 3 aromatic rings. The Kier molecular flexibility index (Phi) is 2.31. The minimum absolute atomic E-state index is 0.0243. The van der Waals surface area contributed by atoms with Gasteiger partial charge in [-0.1, -0.05) is 18.2 Å². The van der Waals surface area contributed by atoms with Gasteiger partial charge in [0.25, 0.3) is 0 Å². The summed E-state index contributed by atoms with van der Waals surface area (Å²) in [5, 5.41) is 2.48. The molecule has 16 heavy (non-hydrogen) atoms. The van der Waals surface area contributed by atoms with Crippen LogP contribution in [0.4, 0.5) is 0 Å². The van der Waals surface area contributed by atoms with E-state index in [-0.39, 0.29) is 5.78 Å². The zero-order valence-electron chi connectivity index (χ0n) is 8.21. The third-order valence-electron chi connectivity index (χ3n) is 2.23. The van der Waals surface area contributed by atoms with Crippen LogP contribution in [-0.4, -0.2) is 10.8 Å². The van der Waals surface area contributed by atoms with Crippen molar-refractivity contribution in [1.82, 2.24) is 4.98 Å². The van der Waals surface area contributed by atoms with Crippen molar-refractivity contribution in [3.8, 4) is 0 Å². The summed E-state index contributed by atoms with van der Waals surface area (Å²) < 4.78 is 1.06. The molecule has 1 aromatic carbocycles. The quantitative estimate of drug-likeness (QED) is 0.646. The van der Waals surface area contributed by atoms with Crippen molar-refractivity contribution in [3.63, 3.8) is 0 Å². The molecule has 0 amide bonds. The van der Waals surface area contributed by atoms with Gasteiger partial charge in [-0.25, -0.2) is 4.98 Å². The van der Waals surface area contributed by atoms with E-state index in [0.717, 1.165) is 15.1 Å². The molecule has 78 valence electrons. The lowest BCUT2D eigenvalue weighted by Crippen LogP contribution is -1.96. The fraction of sp³-hybridized carbons (Fsp3) is 0. The van der Waals surface area contributed by atoms with Gasteiger partial charge in [-0.3, -0.25) is 4.79 Å². The first-order valence-corrected chi connectivity index (χ1v) is 6.48. The fourth-order valence-electron chi connectivity index (χ4n) is 1.48. The molecular weight excluding hydrogens is 238 g/mol. The third-order valence-corrected chi connectivity index (χ3v) is 4.14. The zero-order valence-corrected chi connectivity index (χ0v) is 9.85. The van der Waals surface area contributed by atoms with Gasteiger partial charge < -0.3 is 0 Å². The molecule has 2 heterocycles. The number of thiophene rings is 1. The first-order chi connectivity index (χ1) is 7.84. The molecule has 3 rings (SSSR count). The molecule has 0 saturated carbocycles. The number of carbonyl (C=O) groups is 1. The number of aromatic nitrogens is 1. The summed E-state index contributed by atoms with van der Waals surface area (Å²) in [5.74, 6) is 0.0243. The summed E-state index contributed by atoms with van der Waals surface area (Å²) >= 11 is 2.90.